The van der Waals surface area contributed by atoms with Crippen molar-refractivity contribution in [2.24, 2.45) is 0 Å². The first-order valence-corrected chi connectivity index (χ1v) is 10.8. The second kappa shape index (κ2) is 9.76. The number of hydrogen-bond acceptors (Lipinski definition) is 3. The average Bonchev–Trinajstić information content (AvgIpc) is 2.80. The molecule has 0 unspecified atom stereocenters. The maximum absolute atomic E-state index is 13.1. The van der Waals surface area contributed by atoms with Gasteiger partial charge < -0.3 is 4.74 Å². The predicted octanol–water partition coefficient (Wildman–Crippen LogP) is 5.70. The Labute approximate surface area is 186 Å². The summed E-state index contributed by atoms with van der Waals surface area (Å²) in [5.41, 5.74) is 0.899. The van der Waals surface area contributed by atoms with Crippen molar-refractivity contribution in [1.29, 1.82) is 0 Å². The van der Waals surface area contributed by atoms with Crippen LogP contribution in [-0.2, 0) is 12.7 Å². The van der Waals surface area contributed by atoms with Crippen LogP contribution in [0, 0.1) is 0 Å². The van der Waals surface area contributed by atoms with Crippen LogP contribution in [0.15, 0.2) is 66.7 Å². The minimum absolute atomic E-state index is 0.213. The zero-order chi connectivity index (χ0) is 22.6. The molecule has 0 N–H and O–H groups in total. The van der Waals surface area contributed by atoms with E-state index in [1.165, 1.54) is 23.1 Å². The molecule has 32 heavy (non-hydrogen) atoms. The Morgan fingerprint density at radius 3 is 2.22 bits per heavy atom. The fourth-order valence-electron chi connectivity index (χ4n) is 4.25. The fraction of sp³-hybridized carbons (Fsp3) is 0.308. The summed E-state index contributed by atoms with van der Waals surface area (Å²) in [6, 6.07) is 18.1. The molecule has 0 aromatic heterocycles. The van der Waals surface area contributed by atoms with E-state index < -0.39 is 11.7 Å². The van der Waals surface area contributed by atoms with Crippen molar-refractivity contribution in [3.05, 3.63) is 83.4 Å². The quantitative estimate of drug-likeness (QED) is 0.489. The van der Waals surface area contributed by atoms with Gasteiger partial charge in [0, 0.05) is 44.7 Å². The lowest BCUT2D eigenvalue weighted by molar-refractivity contribution is -0.137. The molecule has 0 atom stereocenters. The molecule has 0 saturated carbocycles. The van der Waals surface area contributed by atoms with Gasteiger partial charge in [-0.2, -0.15) is 13.2 Å². The second-order valence-electron chi connectivity index (χ2n) is 8.04. The zero-order valence-corrected chi connectivity index (χ0v) is 18.1. The third-order valence-corrected chi connectivity index (χ3v) is 5.98. The van der Waals surface area contributed by atoms with Crippen molar-refractivity contribution in [1.82, 2.24) is 9.80 Å². The number of piperazine rings is 1. The van der Waals surface area contributed by atoms with Crippen molar-refractivity contribution in [3.8, 4) is 5.75 Å². The molecular formula is C26H27F3N2O. The Balaban J connectivity index is 1.34. The first-order chi connectivity index (χ1) is 15.5. The molecule has 0 aliphatic carbocycles. The molecule has 6 heteroatoms. The number of nitrogens with zero attached hydrogens (tertiary/aromatic N) is 2. The molecular weight excluding hydrogens is 413 g/mol. The number of methoxy groups -OCH3 is 1. The minimum atomic E-state index is -4.34. The zero-order valence-electron chi connectivity index (χ0n) is 18.1. The van der Waals surface area contributed by atoms with E-state index in [1.807, 2.05) is 24.3 Å². The summed E-state index contributed by atoms with van der Waals surface area (Å²) in [7, 11) is 1.69. The van der Waals surface area contributed by atoms with Crippen LogP contribution in [0.1, 0.15) is 16.7 Å². The number of benzene rings is 3. The Bertz CT molecular complexity index is 1090. The van der Waals surface area contributed by atoms with Crippen molar-refractivity contribution in [3.63, 3.8) is 0 Å². The SMILES string of the molecule is COc1ccc(CN2CCN(CC=Cc3ccccc3C(F)(F)F)CC2)c2ccccc12. The Hall–Kier alpha value is -2.83. The van der Waals surface area contributed by atoms with Crippen LogP contribution < -0.4 is 4.74 Å². The van der Waals surface area contributed by atoms with Crippen molar-refractivity contribution in [2.75, 3.05) is 39.8 Å². The number of fused-ring (bicyclic) bond motifs is 1. The summed E-state index contributed by atoms with van der Waals surface area (Å²) in [5, 5.41) is 2.33. The van der Waals surface area contributed by atoms with Crippen molar-refractivity contribution in [2.45, 2.75) is 12.7 Å². The summed E-state index contributed by atoms with van der Waals surface area (Å²) in [5.74, 6) is 0.882. The monoisotopic (exact) mass is 440 g/mol. The molecule has 1 heterocycles. The topological polar surface area (TPSA) is 15.7 Å². The van der Waals surface area contributed by atoms with Crippen LogP contribution in [-0.4, -0.2) is 49.6 Å². The summed E-state index contributed by atoms with van der Waals surface area (Å²) >= 11 is 0. The molecule has 0 bridgehead atoms. The van der Waals surface area contributed by atoms with Gasteiger partial charge in [0.25, 0.3) is 0 Å². The Kier molecular flexibility index (Phi) is 6.82. The molecule has 1 aliphatic rings. The predicted molar refractivity (Wildman–Crippen MR) is 123 cm³/mol. The van der Waals surface area contributed by atoms with E-state index in [4.69, 9.17) is 4.74 Å². The average molecular weight is 441 g/mol. The van der Waals surface area contributed by atoms with Crippen LogP contribution in [0.4, 0.5) is 13.2 Å². The van der Waals surface area contributed by atoms with E-state index in [0.717, 1.165) is 49.9 Å². The molecule has 0 spiro atoms. The van der Waals surface area contributed by atoms with Gasteiger partial charge in [0.1, 0.15) is 5.75 Å². The first-order valence-electron chi connectivity index (χ1n) is 10.8. The molecule has 3 nitrogen and oxygen atoms in total. The van der Waals surface area contributed by atoms with Gasteiger partial charge in [0.05, 0.1) is 12.7 Å². The minimum Gasteiger partial charge on any atom is -0.496 e. The van der Waals surface area contributed by atoms with Gasteiger partial charge in [-0.3, -0.25) is 9.80 Å². The van der Waals surface area contributed by atoms with Gasteiger partial charge in [-0.25, -0.2) is 0 Å². The number of ether oxygens (including phenoxy) is 1. The van der Waals surface area contributed by atoms with Gasteiger partial charge in [-0.1, -0.05) is 60.7 Å². The maximum atomic E-state index is 13.1. The molecule has 1 aliphatic heterocycles. The van der Waals surface area contributed by atoms with Gasteiger partial charge in [0.15, 0.2) is 0 Å². The summed E-state index contributed by atoms with van der Waals surface area (Å²) in [6.45, 7) is 5.14. The van der Waals surface area contributed by atoms with Gasteiger partial charge >= 0.3 is 6.18 Å². The number of halogens is 3. The van der Waals surface area contributed by atoms with Crippen LogP contribution in [0.3, 0.4) is 0 Å². The Morgan fingerprint density at radius 1 is 0.844 bits per heavy atom. The number of rotatable bonds is 6. The summed E-state index contributed by atoms with van der Waals surface area (Å²) in [6.07, 6.45) is -0.923. The van der Waals surface area contributed by atoms with Crippen LogP contribution in [0.25, 0.3) is 16.8 Å². The highest BCUT2D eigenvalue weighted by Gasteiger charge is 2.32. The largest absolute Gasteiger partial charge is 0.496 e. The van der Waals surface area contributed by atoms with E-state index >= 15 is 0 Å². The highest BCUT2D eigenvalue weighted by atomic mass is 19.4. The van der Waals surface area contributed by atoms with Crippen LogP contribution in [0.2, 0.25) is 0 Å². The molecule has 1 saturated heterocycles. The molecule has 1 fully saturated rings. The lowest BCUT2D eigenvalue weighted by Crippen LogP contribution is -2.45. The summed E-state index contributed by atoms with van der Waals surface area (Å²) < 4.78 is 44.9. The van der Waals surface area contributed by atoms with E-state index in [1.54, 1.807) is 19.3 Å². The van der Waals surface area contributed by atoms with E-state index in [-0.39, 0.29) is 5.56 Å². The molecule has 4 rings (SSSR count). The van der Waals surface area contributed by atoms with Gasteiger partial charge in [0.2, 0.25) is 0 Å². The van der Waals surface area contributed by atoms with E-state index in [9.17, 15) is 13.2 Å². The molecule has 0 amide bonds. The molecule has 168 valence electrons. The smallest absolute Gasteiger partial charge is 0.416 e. The van der Waals surface area contributed by atoms with Crippen molar-refractivity contribution >= 4 is 16.8 Å². The lowest BCUT2D eigenvalue weighted by atomic mass is 10.0. The van der Waals surface area contributed by atoms with E-state index in [2.05, 4.69) is 28.0 Å². The molecule has 3 aromatic rings. The van der Waals surface area contributed by atoms with Gasteiger partial charge in [-0.05, 0) is 28.6 Å². The van der Waals surface area contributed by atoms with E-state index in [0.29, 0.717) is 6.54 Å². The van der Waals surface area contributed by atoms with Crippen molar-refractivity contribution < 1.29 is 17.9 Å². The third kappa shape index (κ3) is 5.14. The Morgan fingerprint density at radius 2 is 1.50 bits per heavy atom. The lowest BCUT2D eigenvalue weighted by Gasteiger charge is -2.34. The van der Waals surface area contributed by atoms with Crippen LogP contribution >= 0.6 is 0 Å². The fourth-order valence-corrected chi connectivity index (χ4v) is 4.25. The van der Waals surface area contributed by atoms with Crippen LogP contribution in [0.5, 0.6) is 5.75 Å². The number of alkyl halides is 3. The number of hydrogen-bond donors (Lipinski definition) is 0. The summed E-state index contributed by atoms with van der Waals surface area (Å²) in [4.78, 5) is 4.70. The van der Waals surface area contributed by atoms with Gasteiger partial charge in [-0.15, -0.1) is 0 Å². The first kappa shape index (κ1) is 22.4. The third-order valence-electron chi connectivity index (χ3n) is 5.98. The normalized spacial score (nSPS) is 16.1. The second-order valence-corrected chi connectivity index (χ2v) is 8.04. The highest BCUT2D eigenvalue weighted by molar-refractivity contribution is 5.91. The standard InChI is InChI=1S/C26H27F3N2O/c1-32-25-13-12-21(22-9-3-4-10-23(22)25)19-31-17-15-30(16-18-31)14-6-8-20-7-2-5-11-24(20)26(27,28)29/h2-13H,14-19H2,1H3. The molecule has 0 radical (unpaired) electrons. The molecule has 3 aromatic carbocycles. The highest BCUT2D eigenvalue weighted by Crippen LogP contribution is 2.32. The maximum Gasteiger partial charge on any atom is 0.416 e.